The third-order valence-electron chi connectivity index (χ3n) is 3.57. The second-order valence-electron chi connectivity index (χ2n) is 5.04. The van der Waals surface area contributed by atoms with Gasteiger partial charge in [-0.25, -0.2) is 4.98 Å². The first-order chi connectivity index (χ1) is 9.42. The van der Waals surface area contributed by atoms with Crippen LogP contribution in [0.4, 0.5) is 5.69 Å². The fourth-order valence-corrected chi connectivity index (χ4v) is 2.50. The summed E-state index contributed by atoms with van der Waals surface area (Å²) in [6.45, 7) is 3.30. The van der Waals surface area contributed by atoms with Crippen LogP contribution in [0.25, 0.3) is 11.3 Å². The minimum Gasteiger partial charge on any atom is -0.444 e. The zero-order chi connectivity index (χ0) is 12.9. The van der Waals surface area contributed by atoms with E-state index in [2.05, 4.69) is 27.8 Å². The fourth-order valence-electron chi connectivity index (χ4n) is 2.50. The molecule has 4 heteroatoms. The van der Waals surface area contributed by atoms with E-state index in [1.54, 1.807) is 6.20 Å². The maximum absolute atomic E-state index is 5.32. The van der Waals surface area contributed by atoms with Gasteiger partial charge in [0.25, 0.3) is 0 Å². The van der Waals surface area contributed by atoms with Crippen LogP contribution in [0.2, 0.25) is 0 Å². The number of piperidine rings is 1. The normalized spacial score (nSPS) is 19.3. The lowest BCUT2D eigenvalue weighted by molar-refractivity contribution is 0.393. The predicted octanol–water partition coefficient (Wildman–Crippen LogP) is 2.75. The van der Waals surface area contributed by atoms with Gasteiger partial charge in [-0.3, -0.25) is 0 Å². The molecule has 1 saturated heterocycles. The molecule has 0 saturated carbocycles. The van der Waals surface area contributed by atoms with E-state index in [9.17, 15) is 0 Å². The summed E-state index contributed by atoms with van der Waals surface area (Å²) in [7, 11) is 0. The van der Waals surface area contributed by atoms with Crippen molar-refractivity contribution in [2.24, 2.45) is 5.92 Å². The maximum Gasteiger partial charge on any atom is 0.181 e. The molecule has 0 bridgehead atoms. The lowest BCUT2D eigenvalue weighted by atomic mass is 9.99. The van der Waals surface area contributed by atoms with Crippen molar-refractivity contribution in [2.45, 2.75) is 12.8 Å². The molecule has 100 valence electrons. The summed E-state index contributed by atoms with van der Waals surface area (Å²) in [5.41, 5.74) is 2.20. The standard InChI is InChI=1S/C15H19N3O/c1-4-13(15-10-17-11-19-15)7-14(5-1)18-9-12-3-2-6-16-8-12/h1,4-5,7,10-12,16,18H,2-3,6,8-9H2. The van der Waals surface area contributed by atoms with Gasteiger partial charge in [0, 0.05) is 17.8 Å². The Bertz CT molecular complexity index is 504. The fraction of sp³-hybridized carbons (Fsp3) is 0.400. The van der Waals surface area contributed by atoms with Crippen molar-refractivity contribution in [3.8, 4) is 11.3 Å². The summed E-state index contributed by atoms with van der Waals surface area (Å²) in [5, 5.41) is 6.96. The van der Waals surface area contributed by atoms with Gasteiger partial charge in [-0.2, -0.15) is 0 Å². The molecule has 0 aliphatic carbocycles. The summed E-state index contributed by atoms with van der Waals surface area (Å²) >= 11 is 0. The van der Waals surface area contributed by atoms with Crippen molar-refractivity contribution in [3.05, 3.63) is 36.9 Å². The Morgan fingerprint density at radius 3 is 3.21 bits per heavy atom. The van der Waals surface area contributed by atoms with Crippen LogP contribution in [-0.4, -0.2) is 24.6 Å². The molecule has 0 radical (unpaired) electrons. The van der Waals surface area contributed by atoms with Crippen LogP contribution in [0, 0.1) is 5.92 Å². The number of anilines is 1. The van der Waals surface area contributed by atoms with Crippen molar-refractivity contribution in [3.63, 3.8) is 0 Å². The molecular formula is C15H19N3O. The Morgan fingerprint density at radius 2 is 2.42 bits per heavy atom. The molecule has 1 fully saturated rings. The Balaban J connectivity index is 1.63. The zero-order valence-electron chi connectivity index (χ0n) is 10.9. The molecular weight excluding hydrogens is 238 g/mol. The van der Waals surface area contributed by atoms with Gasteiger partial charge < -0.3 is 15.1 Å². The predicted molar refractivity (Wildman–Crippen MR) is 76.0 cm³/mol. The number of hydrogen-bond acceptors (Lipinski definition) is 4. The monoisotopic (exact) mass is 257 g/mol. The zero-order valence-corrected chi connectivity index (χ0v) is 10.9. The quantitative estimate of drug-likeness (QED) is 0.884. The molecule has 2 aromatic rings. The van der Waals surface area contributed by atoms with Crippen LogP contribution in [0.3, 0.4) is 0 Å². The summed E-state index contributed by atoms with van der Waals surface area (Å²) in [4.78, 5) is 3.95. The van der Waals surface area contributed by atoms with Gasteiger partial charge in [-0.1, -0.05) is 12.1 Å². The molecule has 1 aliphatic heterocycles. The largest absolute Gasteiger partial charge is 0.444 e. The number of nitrogens with one attached hydrogen (secondary N) is 2. The minimum atomic E-state index is 0.725. The molecule has 4 nitrogen and oxygen atoms in total. The smallest absolute Gasteiger partial charge is 0.181 e. The van der Waals surface area contributed by atoms with Crippen LogP contribution in [-0.2, 0) is 0 Å². The van der Waals surface area contributed by atoms with Crippen molar-refractivity contribution < 1.29 is 4.42 Å². The molecule has 2 heterocycles. The van der Waals surface area contributed by atoms with E-state index in [-0.39, 0.29) is 0 Å². The first kappa shape index (κ1) is 12.2. The first-order valence-corrected chi connectivity index (χ1v) is 6.85. The summed E-state index contributed by atoms with van der Waals surface area (Å²) in [6.07, 6.45) is 5.79. The van der Waals surface area contributed by atoms with Crippen molar-refractivity contribution in [2.75, 3.05) is 25.0 Å². The van der Waals surface area contributed by atoms with Gasteiger partial charge in [0.2, 0.25) is 0 Å². The second-order valence-corrected chi connectivity index (χ2v) is 5.04. The van der Waals surface area contributed by atoms with Crippen LogP contribution in [0.15, 0.2) is 41.3 Å². The Labute approximate surface area is 113 Å². The molecule has 0 spiro atoms. The molecule has 1 unspecified atom stereocenters. The van der Waals surface area contributed by atoms with E-state index >= 15 is 0 Å². The van der Waals surface area contributed by atoms with Crippen LogP contribution in [0.1, 0.15) is 12.8 Å². The highest BCUT2D eigenvalue weighted by atomic mass is 16.3. The molecule has 3 rings (SSSR count). The van der Waals surface area contributed by atoms with E-state index in [0.717, 1.165) is 42.6 Å². The number of rotatable bonds is 4. The molecule has 1 aromatic heterocycles. The molecule has 1 atom stereocenters. The van der Waals surface area contributed by atoms with Crippen LogP contribution in [0.5, 0.6) is 0 Å². The third kappa shape index (κ3) is 3.15. The van der Waals surface area contributed by atoms with Crippen LogP contribution < -0.4 is 10.6 Å². The van der Waals surface area contributed by atoms with Crippen molar-refractivity contribution in [1.29, 1.82) is 0 Å². The highest BCUT2D eigenvalue weighted by Gasteiger charge is 2.12. The van der Waals surface area contributed by atoms with E-state index in [0.29, 0.717) is 0 Å². The number of hydrogen-bond donors (Lipinski definition) is 2. The lowest BCUT2D eigenvalue weighted by Crippen LogP contribution is -2.33. The Morgan fingerprint density at radius 1 is 1.42 bits per heavy atom. The highest BCUT2D eigenvalue weighted by molar-refractivity contribution is 5.63. The summed E-state index contributed by atoms with van der Waals surface area (Å²) in [6, 6.07) is 8.28. The molecule has 2 N–H and O–H groups in total. The number of nitrogens with zero attached hydrogens (tertiary/aromatic N) is 1. The van der Waals surface area contributed by atoms with Gasteiger partial charge in [-0.05, 0) is 44.0 Å². The van der Waals surface area contributed by atoms with E-state index in [1.807, 2.05) is 12.1 Å². The molecule has 1 aromatic carbocycles. The maximum atomic E-state index is 5.32. The van der Waals surface area contributed by atoms with Gasteiger partial charge in [0.15, 0.2) is 12.2 Å². The van der Waals surface area contributed by atoms with E-state index in [1.165, 1.54) is 19.2 Å². The summed E-state index contributed by atoms with van der Waals surface area (Å²) in [5.74, 6) is 1.53. The SMILES string of the molecule is c1cc(NCC2CCCNC2)cc(-c2cnco2)c1. The van der Waals surface area contributed by atoms with E-state index in [4.69, 9.17) is 4.42 Å². The number of aromatic nitrogens is 1. The van der Waals surface area contributed by atoms with Gasteiger partial charge >= 0.3 is 0 Å². The van der Waals surface area contributed by atoms with Gasteiger partial charge in [0.1, 0.15) is 0 Å². The number of oxazole rings is 1. The summed E-state index contributed by atoms with van der Waals surface area (Å²) < 4.78 is 5.32. The van der Waals surface area contributed by atoms with Gasteiger partial charge in [0.05, 0.1) is 6.20 Å². The number of benzene rings is 1. The average Bonchev–Trinajstić information content (AvgIpc) is 3.01. The highest BCUT2D eigenvalue weighted by Crippen LogP contribution is 2.22. The molecule has 1 aliphatic rings. The Kier molecular flexibility index (Phi) is 3.79. The van der Waals surface area contributed by atoms with E-state index < -0.39 is 0 Å². The third-order valence-corrected chi connectivity index (χ3v) is 3.57. The average molecular weight is 257 g/mol. The minimum absolute atomic E-state index is 0.725. The Hall–Kier alpha value is -1.81. The topological polar surface area (TPSA) is 50.1 Å². The van der Waals surface area contributed by atoms with Crippen molar-refractivity contribution >= 4 is 5.69 Å². The van der Waals surface area contributed by atoms with Crippen LogP contribution >= 0.6 is 0 Å². The van der Waals surface area contributed by atoms with Gasteiger partial charge in [-0.15, -0.1) is 0 Å². The molecule has 19 heavy (non-hydrogen) atoms. The van der Waals surface area contributed by atoms with Crippen molar-refractivity contribution in [1.82, 2.24) is 10.3 Å². The lowest BCUT2D eigenvalue weighted by Gasteiger charge is -2.23. The first-order valence-electron chi connectivity index (χ1n) is 6.85. The molecule has 0 amide bonds. The second kappa shape index (κ2) is 5.89.